The maximum absolute atomic E-state index is 2.08. The number of rotatable bonds is 0. The summed E-state index contributed by atoms with van der Waals surface area (Å²) in [5.74, 6) is 2.83. The molecule has 0 nitrogen and oxygen atoms in total. The molecule has 0 N–H and O–H groups in total. The van der Waals surface area contributed by atoms with Crippen molar-refractivity contribution in [3.05, 3.63) is 11.8 Å². The van der Waals surface area contributed by atoms with Gasteiger partial charge in [-0.1, -0.05) is 0 Å². The molecular weight excluding hydrogens is 648 g/mol. The zero-order chi connectivity index (χ0) is 7.15. The molecular formula is C8H18W3-2. The molecule has 0 amide bonds. The Bertz CT molecular complexity index is 24.8. The molecule has 0 bridgehead atoms. The largest absolute Gasteiger partial charge is 0.323 e. The van der Waals surface area contributed by atoms with Crippen LogP contribution in [0.25, 0.3) is 0 Å². The molecule has 0 radical (unpaired) electrons. The number of hydrogen-bond acceptors (Lipinski definition) is 0. The second-order valence-corrected chi connectivity index (χ2v) is 3.00. The predicted molar refractivity (Wildman–Crippen MR) is 40.5 cm³/mol. The molecule has 0 aromatic heterocycles. The summed E-state index contributed by atoms with van der Waals surface area (Å²) in [6, 6.07) is 0. The molecule has 11 heavy (non-hydrogen) atoms. The average molecular weight is 666 g/mol. The van der Waals surface area contributed by atoms with Gasteiger partial charge < -0.3 is 11.8 Å². The van der Waals surface area contributed by atoms with Gasteiger partial charge in [0.2, 0.25) is 0 Å². The molecule has 0 aliphatic rings. The van der Waals surface area contributed by atoms with Crippen LogP contribution in [0.4, 0.5) is 0 Å². The number of hydrogen-bond donors (Lipinski definition) is 0. The van der Waals surface area contributed by atoms with Crippen LogP contribution in [0.5, 0.6) is 0 Å². The molecule has 0 fully saturated rings. The van der Waals surface area contributed by atoms with Crippen molar-refractivity contribution in [2.24, 2.45) is 0 Å². The first-order chi connectivity index (χ1) is 3.46. The molecule has 0 rings (SSSR count). The van der Waals surface area contributed by atoms with Gasteiger partial charge in [0.05, 0.1) is 0 Å². The van der Waals surface area contributed by atoms with Gasteiger partial charge in [-0.05, 0) is 0 Å². The zero-order valence-corrected chi connectivity index (χ0v) is 17.0. The van der Waals surface area contributed by atoms with E-state index in [1.54, 1.807) is 0 Å². The van der Waals surface area contributed by atoms with Crippen LogP contribution in [0.1, 0.15) is 41.5 Å². The van der Waals surface area contributed by atoms with Gasteiger partial charge in [0.1, 0.15) is 0 Å². The molecule has 0 aliphatic heterocycles. The van der Waals surface area contributed by atoms with E-state index in [1.807, 2.05) is 0 Å². The first kappa shape index (κ1) is 29.2. The molecule has 0 aromatic carbocycles. The summed E-state index contributed by atoms with van der Waals surface area (Å²) in [7, 11) is 0. The Labute approximate surface area is 115 Å². The molecule has 0 aliphatic carbocycles. The van der Waals surface area contributed by atoms with Crippen LogP contribution >= 0.6 is 0 Å². The quantitative estimate of drug-likeness (QED) is 0.349. The molecule has 0 saturated heterocycles. The van der Waals surface area contributed by atoms with Crippen molar-refractivity contribution in [3.63, 3.8) is 0 Å². The van der Waals surface area contributed by atoms with Crippen LogP contribution in [-0.4, -0.2) is 0 Å². The minimum absolute atomic E-state index is 0. The Morgan fingerprint density at radius 3 is 0.455 bits per heavy atom. The van der Waals surface area contributed by atoms with Gasteiger partial charge in [0.25, 0.3) is 0 Å². The fourth-order valence-electron chi connectivity index (χ4n) is 0. The fourth-order valence-corrected chi connectivity index (χ4v) is 0. The van der Waals surface area contributed by atoms with E-state index in [1.165, 1.54) is 11.8 Å². The van der Waals surface area contributed by atoms with E-state index in [4.69, 9.17) is 0 Å². The second-order valence-electron chi connectivity index (χ2n) is 3.00. The molecule has 0 heterocycles. The monoisotopic (exact) mass is 666 g/mol. The van der Waals surface area contributed by atoms with Gasteiger partial charge in [-0.2, -0.15) is 41.5 Å². The van der Waals surface area contributed by atoms with E-state index in [9.17, 15) is 0 Å². The minimum atomic E-state index is 0. The van der Waals surface area contributed by atoms with Gasteiger partial charge in [-0.3, -0.25) is 0 Å². The zero-order valence-electron chi connectivity index (χ0n) is 8.22. The van der Waals surface area contributed by atoms with Crippen molar-refractivity contribution in [1.82, 2.24) is 0 Å². The van der Waals surface area contributed by atoms with Gasteiger partial charge in [0, 0.05) is 63.2 Å². The summed E-state index contributed by atoms with van der Waals surface area (Å²) in [6.07, 6.45) is 0. The summed E-state index contributed by atoms with van der Waals surface area (Å²) in [5, 5.41) is 0. The Morgan fingerprint density at radius 2 is 0.455 bits per heavy atom. The van der Waals surface area contributed by atoms with E-state index in [0.717, 1.165) is 0 Å². The van der Waals surface area contributed by atoms with E-state index in [2.05, 4.69) is 41.5 Å². The smallest absolute Gasteiger partial charge is 0 e. The Morgan fingerprint density at radius 1 is 0.455 bits per heavy atom. The van der Waals surface area contributed by atoms with Crippen LogP contribution in [0.3, 0.4) is 0 Å². The fraction of sp³-hybridized carbons (Fsp3) is 0.750. The van der Waals surface area contributed by atoms with Gasteiger partial charge in [0.15, 0.2) is 0 Å². The first-order valence-electron chi connectivity index (χ1n) is 3.00. The normalized spacial score (nSPS) is 6.55. The maximum atomic E-state index is 2.08. The van der Waals surface area contributed by atoms with Gasteiger partial charge >= 0.3 is 0 Å². The van der Waals surface area contributed by atoms with Crippen molar-refractivity contribution in [3.8, 4) is 0 Å². The third kappa shape index (κ3) is 287. The molecule has 0 atom stereocenters. The summed E-state index contributed by atoms with van der Waals surface area (Å²) in [6.45, 7) is 12.5. The SMILES string of the molecule is C[C-](C)C.C[C-](C)C.[W].[W].[W]. The average Bonchev–Trinajstić information content (AvgIpc) is 1.25. The summed E-state index contributed by atoms with van der Waals surface area (Å²) in [4.78, 5) is 0. The van der Waals surface area contributed by atoms with Crippen LogP contribution in [0.15, 0.2) is 0 Å². The van der Waals surface area contributed by atoms with Gasteiger partial charge in [-0.25, -0.2) is 0 Å². The topological polar surface area (TPSA) is 0 Å². The molecule has 0 unspecified atom stereocenters. The molecule has 0 saturated carbocycles. The molecule has 70 valence electrons. The van der Waals surface area contributed by atoms with E-state index in [0.29, 0.717) is 0 Å². The van der Waals surface area contributed by atoms with Crippen molar-refractivity contribution in [2.75, 3.05) is 0 Å². The first-order valence-corrected chi connectivity index (χ1v) is 3.00. The van der Waals surface area contributed by atoms with E-state index >= 15 is 0 Å². The van der Waals surface area contributed by atoms with Crippen molar-refractivity contribution in [2.45, 2.75) is 41.5 Å². The Balaban J connectivity index is -0.0000000171. The van der Waals surface area contributed by atoms with Crippen LogP contribution < -0.4 is 0 Å². The third-order valence-electron chi connectivity index (χ3n) is 0. The standard InChI is InChI=1S/2C4H9.3W/c2*1-4(2)3;;;/h2*1-3H3;;;/q2*-1;;;. The van der Waals surface area contributed by atoms with Crippen LogP contribution in [-0.2, 0) is 63.2 Å². The van der Waals surface area contributed by atoms with Crippen LogP contribution in [0.2, 0.25) is 0 Å². The van der Waals surface area contributed by atoms with Crippen molar-refractivity contribution < 1.29 is 63.2 Å². The Hall–Kier alpha value is 2.06. The minimum Gasteiger partial charge on any atom is -0.323 e. The second kappa shape index (κ2) is 22.7. The summed E-state index contributed by atoms with van der Waals surface area (Å²) in [5.41, 5.74) is 0. The van der Waals surface area contributed by atoms with E-state index in [-0.39, 0.29) is 63.2 Å². The maximum Gasteiger partial charge on any atom is 0 e. The Kier molecular flexibility index (Phi) is 60.4. The van der Waals surface area contributed by atoms with Crippen LogP contribution in [0, 0.1) is 11.8 Å². The summed E-state index contributed by atoms with van der Waals surface area (Å²) < 4.78 is 0. The van der Waals surface area contributed by atoms with Gasteiger partial charge in [-0.15, -0.1) is 0 Å². The third-order valence-corrected chi connectivity index (χ3v) is 0. The van der Waals surface area contributed by atoms with Crippen molar-refractivity contribution >= 4 is 0 Å². The molecule has 0 aromatic rings. The van der Waals surface area contributed by atoms with E-state index < -0.39 is 0 Å². The predicted octanol–water partition coefficient (Wildman–Crippen LogP) is 3.23. The van der Waals surface area contributed by atoms with Crippen molar-refractivity contribution in [1.29, 1.82) is 0 Å². The molecule has 0 spiro atoms. The molecule has 3 heteroatoms. The summed E-state index contributed by atoms with van der Waals surface area (Å²) >= 11 is 0.